The van der Waals surface area contributed by atoms with Gasteiger partial charge in [-0.15, -0.1) is 0 Å². The molecule has 1 atom stereocenters. The van der Waals surface area contributed by atoms with E-state index in [0.29, 0.717) is 12.0 Å². The molecule has 1 saturated heterocycles. The standard InChI is InChI=1S/C14H17N3O.C2HF3O2/c15-10-12-5-3-11(4-6-12)9-13(16)14(18)17-7-1-2-8-17;3-2(4,5)1(6)7/h3-6,13H,1-2,7-9,16H2;(H,6,7)/t13-;/m1./s1. The number of carbonyl (C=O) groups excluding carboxylic acids is 1. The Balaban J connectivity index is 0.000000381. The molecule has 0 unspecified atom stereocenters. The fourth-order valence-electron chi connectivity index (χ4n) is 2.23. The van der Waals surface area contributed by atoms with Crippen LogP contribution in [0.1, 0.15) is 24.0 Å². The monoisotopic (exact) mass is 357 g/mol. The van der Waals surface area contributed by atoms with Crippen molar-refractivity contribution in [2.75, 3.05) is 13.1 Å². The number of hydrogen-bond acceptors (Lipinski definition) is 4. The summed E-state index contributed by atoms with van der Waals surface area (Å²) in [5.41, 5.74) is 7.56. The number of alkyl halides is 3. The van der Waals surface area contributed by atoms with Crippen molar-refractivity contribution in [2.45, 2.75) is 31.5 Å². The van der Waals surface area contributed by atoms with Crippen molar-refractivity contribution in [3.8, 4) is 6.07 Å². The minimum absolute atomic E-state index is 0.0388. The molecule has 0 radical (unpaired) electrons. The molecule has 25 heavy (non-hydrogen) atoms. The lowest BCUT2D eigenvalue weighted by Crippen LogP contribution is -2.43. The van der Waals surface area contributed by atoms with Gasteiger partial charge in [0.05, 0.1) is 17.7 Å². The Bertz CT molecular complexity index is 633. The lowest BCUT2D eigenvalue weighted by molar-refractivity contribution is -0.192. The molecule has 136 valence electrons. The fourth-order valence-corrected chi connectivity index (χ4v) is 2.23. The van der Waals surface area contributed by atoms with Crippen LogP contribution in [-0.4, -0.2) is 47.2 Å². The number of nitrogens with two attached hydrogens (primary N) is 1. The van der Waals surface area contributed by atoms with Gasteiger partial charge in [0, 0.05) is 13.1 Å². The van der Waals surface area contributed by atoms with Gasteiger partial charge in [-0.3, -0.25) is 4.79 Å². The molecule has 1 amide bonds. The van der Waals surface area contributed by atoms with Gasteiger partial charge < -0.3 is 15.7 Å². The summed E-state index contributed by atoms with van der Waals surface area (Å²) in [6.45, 7) is 1.67. The molecule has 1 heterocycles. The molecular weight excluding hydrogens is 339 g/mol. The lowest BCUT2D eigenvalue weighted by Gasteiger charge is -2.20. The third-order valence-corrected chi connectivity index (χ3v) is 3.52. The summed E-state index contributed by atoms with van der Waals surface area (Å²) in [5.74, 6) is -2.72. The quantitative estimate of drug-likeness (QED) is 0.856. The molecule has 3 N–H and O–H groups in total. The van der Waals surface area contributed by atoms with E-state index in [2.05, 4.69) is 6.07 Å². The van der Waals surface area contributed by atoms with Crippen molar-refractivity contribution in [3.63, 3.8) is 0 Å². The van der Waals surface area contributed by atoms with Gasteiger partial charge in [-0.25, -0.2) is 4.79 Å². The van der Waals surface area contributed by atoms with Crippen molar-refractivity contribution in [3.05, 3.63) is 35.4 Å². The van der Waals surface area contributed by atoms with Crippen LogP contribution in [0, 0.1) is 11.3 Å². The number of likely N-dealkylation sites (tertiary alicyclic amines) is 1. The maximum Gasteiger partial charge on any atom is 0.490 e. The second-order valence-electron chi connectivity index (χ2n) is 5.45. The van der Waals surface area contributed by atoms with E-state index in [1.54, 1.807) is 12.1 Å². The van der Waals surface area contributed by atoms with E-state index in [9.17, 15) is 18.0 Å². The Morgan fingerprint density at radius 3 is 2.12 bits per heavy atom. The van der Waals surface area contributed by atoms with Crippen molar-refractivity contribution in [2.24, 2.45) is 5.73 Å². The molecule has 9 heteroatoms. The highest BCUT2D eigenvalue weighted by molar-refractivity contribution is 5.82. The number of nitriles is 1. The number of amides is 1. The molecule has 2 rings (SSSR count). The number of carboxylic acids is 1. The molecule has 1 aromatic carbocycles. The maximum atomic E-state index is 12.0. The highest BCUT2D eigenvalue weighted by atomic mass is 19.4. The number of rotatable bonds is 3. The number of carbonyl (C=O) groups is 2. The average Bonchev–Trinajstić information content (AvgIpc) is 3.09. The fraction of sp³-hybridized carbons (Fsp3) is 0.438. The van der Waals surface area contributed by atoms with Crippen molar-refractivity contribution in [1.29, 1.82) is 5.26 Å². The summed E-state index contributed by atoms with van der Waals surface area (Å²) >= 11 is 0. The molecular formula is C16H18F3N3O3. The second kappa shape index (κ2) is 9.03. The van der Waals surface area contributed by atoms with E-state index < -0.39 is 18.2 Å². The van der Waals surface area contributed by atoms with Gasteiger partial charge in [-0.1, -0.05) is 12.1 Å². The number of aliphatic carboxylic acids is 1. The van der Waals surface area contributed by atoms with Gasteiger partial charge in [0.1, 0.15) is 0 Å². The molecule has 0 saturated carbocycles. The largest absolute Gasteiger partial charge is 0.490 e. The topological polar surface area (TPSA) is 107 Å². The number of halogens is 3. The predicted octanol–water partition coefficient (Wildman–Crippen LogP) is 1.68. The smallest absolute Gasteiger partial charge is 0.475 e. The molecule has 6 nitrogen and oxygen atoms in total. The first-order chi connectivity index (χ1) is 11.6. The van der Waals surface area contributed by atoms with E-state index in [4.69, 9.17) is 20.9 Å². The SMILES string of the molecule is N#Cc1ccc(C[C@@H](N)C(=O)N2CCCC2)cc1.O=C(O)C(F)(F)F. The highest BCUT2D eigenvalue weighted by Crippen LogP contribution is 2.13. The molecule has 1 aliphatic heterocycles. The van der Waals surface area contributed by atoms with Crippen LogP contribution in [-0.2, 0) is 16.0 Å². The molecule has 0 spiro atoms. The van der Waals surface area contributed by atoms with E-state index in [-0.39, 0.29) is 5.91 Å². The molecule has 0 aromatic heterocycles. The zero-order chi connectivity index (χ0) is 19.0. The van der Waals surface area contributed by atoms with Gasteiger partial charge >= 0.3 is 12.1 Å². The first-order valence-electron chi connectivity index (χ1n) is 7.48. The average molecular weight is 357 g/mol. The third kappa shape index (κ3) is 6.81. The van der Waals surface area contributed by atoms with Crippen LogP contribution in [0.4, 0.5) is 13.2 Å². The van der Waals surface area contributed by atoms with Crippen LogP contribution < -0.4 is 5.73 Å². The summed E-state index contributed by atoms with van der Waals surface area (Å²) in [6.07, 6.45) is -2.40. The van der Waals surface area contributed by atoms with E-state index >= 15 is 0 Å². The number of carboxylic acid groups (broad SMARTS) is 1. The predicted molar refractivity (Wildman–Crippen MR) is 82.3 cm³/mol. The molecule has 0 aliphatic carbocycles. The maximum absolute atomic E-state index is 12.0. The lowest BCUT2D eigenvalue weighted by atomic mass is 10.0. The normalized spacial score (nSPS) is 14.9. The minimum atomic E-state index is -5.08. The summed E-state index contributed by atoms with van der Waals surface area (Å²) in [4.78, 5) is 22.8. The van der Waals surface area contributed by atoms with Gasteiger partial charge in [-0.2, -0.15) is 18.4 Å². The second-order valence-corrected chi connectivity index (χ2v) is 5.45. The van der Waals surface area contributed by atoms with Crippen molar-refractivity contribution in [1.82, 2.24) is 4.90 Å². The van der Waals surface area contributed by atoms with Crippen LogP contribution in [0.25, 0.3) is 0 Å². The highest BCUT2D eigenvalue weighted by Gasteiger charge is 2.38. The Morgan fingerprint density at radius 2 is 1.72 bits per heavy atom. The zero-order valence-corrected chi connectivity index (χ0v) is 13.3. The van der Waals surface area contributed by atoms with E-state index in [0.717, 1.165) is 31.5 Å². The van der Waals surface area contributed by atoms with Crippen LogP contribution >= 0.6 is 0 Å². The van der Waals surface area contributed by atoms with Crippen molar-refractivity contribution >= 4 is 11.9 Å². The third-order valence-electron chi connectivity index (χ3n) is 3.52. The first-order valence-corrected chi connectivity index (χ1v) is 7.48. The van der Waals surface area contributed by atoms with Crippen LogP contribution in [0.15, 0.2) is 24.3 Å². The van der Waals surface area contributed by atoms with Crippen LogP contribution in [0.3, 0.4) is 0 Å². The van der Waals surface area contributed by atoms with Gasteiger partial charge in [-0.05, 0) is 37.0 Å². The van der Waals surface area contributed by atoms with Gasteiger partial charge in [0.25, 0.3) is 0 Å². The van der Waals surface area contributed by atoms with Gasteiger partial charge in [0.2, 0.25) is 5.91 Å². The number of hydrogen-bond donors (Lipinski definition) is 2. The van der Waals surface area contributed by atoms with E-state index in [1.165, 1.54) is 0 Å². The molecule has 1 aliphatic rings. The summed E-state index contributed by atoms with van der Waals surface area (Å²) in [6, 6.07) is 8.81. The zero-order valence-electron chi connectivity index (χ0n) is 13.3. The molecule has 1 aromatic rings. The summed E-state index contributed by atoms with van der Waals surface area (Å²) in [5, 5.41) is 15.8. The minimum Gasteiger partial charge on any atom is -0.475 e. The first kappa shape index (κ1) is 20.4. The van der Waals surface area contributed by atoms with E-state index in [1.807, 2.05) is 17.0 Å². The molecule has 0 bridgehead atoms. The summed E-state index contributed by atoms with van der Waals surface area (Å²) < 4.78 is 31.7. The Kier molecular flexibility index (Phi) is 7.39. The Morgan fingerprint density at radius 1 is 1.24 bits per heavy atom. The number of nitrogens with zero attached hydrogens (tertiary/aromatic N) is 2. The van der Waals surface area contributed by atoms with Crippen LogP contribution in [0.2, 0.25) is 0 Å². The Labute approximate surface area is 142 Å². The Hall–Kier alpha value is -2.60. The molecule has 1 fully saturated rings. The number of benzene rings is 1. The van der Waals surface area contributed by atoms with Crippen molar-refractivity contribution < 1.29 is 27.9 Å². The van der Waals surface area contributed by atoms with Gasteiger partial charge in [0.15, 0.2) is 0 Å². The summed E-state index contributed by atoms with van der Waals surface area (Å²) in [7, 11) is 0. The van der Waals surface area contributed by atoms with Crippen LogP contribution in [0.5, 0.6) is 0 Å².